The standard InChI is InChI=1S/C29H33ClN4O3/c1-3-4-5-26(36)34-15-13-23-24-16-21(30)10-11-25(24)32-27(23)28(34)19-6-8-20(9-7-19)29(37)33-14-12-22(17-33)31-18(2)35/h6-11,16,22,28,32H,3-5,12-15,17H2,1-2H3,(H,31,35). The molecule has 3 heterocycles. The van der Waals surface area contributed by atoms with Crippen LogP contribution in [0, 0.1) is 0 Å². The molecule has 0 spiro atoms. The molecule has 194 valence electrons. The van der Waals surface area contributed by atoms with Crippen LogP contribution in [0.1, 0.15) is 72.8 Å². The van der Waals surface area contributed by atoms with Crippen molar-refractivity contribution in [2.75, 3.05) is 19.6 Å². The topological polar surface area (TPSA) is 85.5 Å². The minimum Gasteiger partial charge on any atom is -0.356 e. The van der Waals surface area contributed by atoms with Gasteiger partial charge in [-0.2, -0.15) is 0 Å². The number of carbonyl (C=O) groups is 3. The highest BCUT2D eigenvalue weighted by atomic mass is 35.5. The molecular formula is C29H33ClN4O3. The molecule has 0 saturated carbocycles. The Morgan fingerprint density at radius 2 is 1.89 bits per heavy atom. The Morgan fingerprint density at radius 1 is 1.11 bits per heavy atom. The monoisotopic (exact) mass is 520 g/mol. The lowest BCUT2D eigenvalue weighted by atomic mass is 9.91. The van der Waals surface area contributed by atoms with Crippen molar-refractivity contribution in [2.45, 2.75) is 58.0 Å². The van der Waals surface area contributed by atoms with Crippen molar-refractivity contribution < 1.29 is 14.4 Å². The Morgan fingerprint density at radius 3 is 2.62 bits per heavy atom. The number of fused-ring (bicyclic) bond motifs is 3. The van der Waals surface area contributed by atoms with Crippen LogP contribution in [-0.2, 0) is 16.0 Å². The number of amides is 3. The van der Waals surface area contributed by atoms with Gasteiger partial charge >= 0.3 is 0 Å². The lowest BCUT2D eigenvalue weighted by molar-refractivity contribution is -0.133. The zero-order valence-electron chi connectivity index (χ0n) is 21.4. The lowest BCUT2D eigenvalue weighted by Gasteiger charge is -2.36. The highest BCUT2D eigenvalue weighted by molar-refractivity contribution is 6.31. The number of unbranched alkanes of at least 4 members (excludes halogenated alkanes) is 1. The number of hydrogen-bond acceptors (Lipinski definition) is 3. The van der Waals surface area contributed by atoms with Crippen LogP contribution in [0.15, 0.2) is 42.5 Å². The lowest BCUT2D eigenvalue weighted by Crippen LogP contribution is -2.40. The maximum Gasteiger partial charge on any atom is 0.253 e. The summed E-state index contributed by atoms with van der Waals surface area (Å²) in [6.45, 7) is 5.36. The number of halogens is 1. The van der Waals surface area contributed by atoms with Gasteiger partial charge in [0.15, 0.2) is 0 Å². The fourth-order valence-electron chi connectivity index (χ4n) is 5.69. The van der Waals surface area contributed by atoms with E-state index in [1.165, 1.54) is 12.5 Å². The minimum absolute atomic E-state index is 0.000381. The van der Waals surface area contributed by atoms with Crippen LogP contribution in [0.5, 0.6) is 0 Å². The fourth-order valence-corrected chi connectivity index (χ4v) is 5.86. The number of aromatic nitrogens is 1. The molecule has 3 amide bonds. The molecule has 0 bridgehead atoms. The average molecular weight is 521 g/mol. The van der Waals surface area contributed by atoms with E-state index in [4.69, 9.17) is 11.6 Å². The van der Waals surface area contributed by atoms with Gasteiger partial charge in [0.25, 0.3) is 5.91 Å². The molecule has 5 rings (SSSR count). The SMILES string of the molecule is CCCCC(=O)N1CCc2c([nH]c3ccc(Cl)cc23)C1c1ccc(C(=O)N2CCC(NC(C)=O)C2)cc1. The zero-order chi connectivity index (χ0) is 26.1. The van der Waals surface area contributed by atoms with Crippen molar-refractivity contribution in [3.8, 4) is 0 Å². The fraction of sp³-hybridized carbons (Fsp3) is 0.414. The van der Waals surface area contributed by atoms with Gasteiger partial charge in [0.2, 0.25) is 11.8 Å². The molecular weight excluding hydrogens is 488 g/mol. The Balaban J connectivity index is 1.44. The van der Waals surface area contributed by atoms with Crippen LogP contribution in [0.25, 0.3) is 10.9 Å². The summed E-state index contributed by atoms with van der Waals surface area (Å²) in [7, 11) is 0. The third kappa shape index (κ3) is 5.10. The second-order valence-corrected chi connectivity index (χ2v) is 10.5. The van der Waals surface area contributed by atoms with E-state index < -0.39 is 0 Å². The van der Waals surface area contributed by atoms with Crippen molar-refractivity contribution in [2.24, 2.45) is 0 Å². The number of nitrogens with zero attached hydrogens (tertiary/aromatic N) is 2. The highest BCUT2D eigenvalue weighted by Gasteiger charge is 2.34. The summed E-state index contributed by atoms with van der Waals surface area (Å²) in [5.41, 5.74) is 4.80. The van der Waals surface area contributed by atoms with E-state index in [-0.39, 0.29) is 29.8 Å². The molecule has 1 fully saturated rings. The number of H-pyrrole nitrogens is 1. The molecule has 7 nitrogen and oxygen atoms in total. The third-order valence-corrected chi connectivity index (χ3v) is 7.74. The predicted octanol–water partition coefficient (Wildman–Crippen LogP) is 4.84. The molecule has 37 heavy (non-hydrogen) atoms. The van der Waals surface area contributed by atoms with Crippen molar-refractivity contribution in [3.05, 3.63) is 69.9 Å². The Bertz CT molecular complexity index is 1330. The van der Waals surface area contributed by atoms with E-state index in [0.717, 1.165) is 47.8 Å². The van der Waals surface area contributed by atoms with Crippen LogP contribution in [0.3, 0.4) is 0 Å². The molecule has 8 heteroatoms. The van der Waals surface area contributed by atoms with Gasteiger partial charge in [0.05, 0.1) is 6.04 Å². The van der Waals surface area contributed by atoms with Crippen LogP contribution in [0.4, 0.5) is 0 Å². The van der Waals surface area contributed by atoms with Gasteiger partial charge in [0.1, 0.15) is 0 Å². The van der Waals surface area contributed by atoms with Crippen LogP contribution in [-0.4, -0.2) is 58.2 Å². The van der Waals surface area contributed by atoms with Gasteiger partial charge in [-0.25, -0.2) is 0 Å². The van der Waals surface area contributed by atoms with E-state index in [0.29, 0.717) is 36.6 Å². The first-order chi connectivity index (χ1) is 17.9. The number of aromatic amines is 1. The van der Waals surface area contributed by atoms with Crippen LogP contribution >= 0.6 is 11.6 Å². The number of rotatable bonds is 6. The van der Waals surface area contributed by atoms with Crippen LogP contribution < -0.4 is 5.32 Å². The van der Waals surface area contributed by atoms with Crippen LogP contribution in [0.2, 0.25) is 5.02 Å². The molecule has 2 N–H and O–H groups in total. The molecule has 1 aromatic heterocycles. The third-order valence-electron chi connectivity index (χ3n) is 7.51. The second kappa shape index (κ2) is 10.6. The Labute approximate surface area is 222 Å². The summed E-state index contributed by atoms with van der Waals surface area (Å²) in [5, 5.41) is 4.69. The minimum atomic E-state index is -0.251. The molecule has 2 unspecified atom stereocenters. The molecule has 0 radical (unpaired) electrons. The molecule has 2 aliphatic heterocycles. The molecule has 1 saturated heterocycles. The number of likely N-dealkylation sites (tertiary alicyclic amines) is 1. The number of benzene rings is 2. The predicted molar refractivity (Wildman–Crippen MR) is 145 cm³/mol. The van der Waals surface area contributed by atoms with E-state index in [2.05, 4.69) is 17.2 Å². The number of hydrogen-bond donors (Lipinski definition) is 2. The summed E-state index contributed by atoms with van der Waals surface area (Å²) in [4.78, 5) is 45.1. The Kier molecular flexibility index (Phi) is 7.24. The van der Waals surface area contributed by atoms with E-state index in [1.807, 2.05) is 47.4 Å². The van der Waals surface area contributed by atoms with Crippen molar-refractivity contribution in [1.29, 1.82) is 0 Å². The van der Waals surface area contributed by atoms with Gasteiger partial charge in [0, 0.05) is 66.2 Å². The van der Waals surface area contributed by atoms with E-state index in [1.54, 1.807) is 4.90 Å². The molecule has 0 aliphatic carbocycles. The maximum absolute atomic E-state index is 13.3. The quantitative estimate of drug-likeness (QED) is 0.488. The van der Waals surface area contributed by atoms with Gasteiger partial charge in [-0.3, -0.25) is 14.4 Å². The zero-order valence-corrected chi connectivity index (χ0v) is 22.1. The summed E-state index contributed by atoms with van der Waals surface area (Å²) in [5.74, 6) is 0.0306. The molecule has 2 atom stereocenters. The first-order valence-electron chi connectivity index (χ1n) is 13.1. The summed E-state index contributed by atoms with van der Waals surface area (Å²) in [6.07, 6.45) is 3.88. The molecule has 3 aromatic rings. The smallest absolute Gasteiger partial charge is 0.253 e. The average Bonchev–Trinajstić information content (AvgIpc) is 3.50. The normalized spacial score (nSPS) is 19.2. The first kappa shape index (κ1) is 25.3. The largest absolute Gasteiger partial charge is 0.356 e. The van der Waals surface area contributed by atoms with Crippen molar-refractivity contribution >= 4 is 40.2 Å². The highest BCUT2D eigenvalue weighted by Crippen LogP contribution is 2.39. The van der Waals surface area contributed by atoms with E-state index >= 15 is 0 Å². The Hall–Kier alpha value is -3.32. The summed E-state index contributed by atoms with van der Waals surface area (Å²) >= 11 is 6.31. The van der Waals surface area contributed by atoms with Gasteiger partial charge in [-0.1, -0.05) is 37.1 Å². The molecule has 2 aliphatic rings. The van der Waals surface area contributed by atoms with Crippen molar-refractivity contribution in [3.63, 3.8) is 0 Å². The van der Waals surface area contributed by atoms with Gasteiger partial charge in [-0.05, 0) is 60.7 Å². The maximum atomic E-state index is 13.3. The van der Waals surface area contributed by atoms with E-state index in [9.17, 15) is 14.4 Å². The van der Waals surface area contributed by atoms with Gasteiger partial charge < -0.3 is 20.1 Å². The summed E-state index contributed by atoms with van der Waals surface area (Å²) < 4.78 is 0. The number of nitrogens with one attached hydrogen (secondary N) is 2. The first-order valence-corrected chi connectivity index (χ1v) is 13.5. The van der Waals surface area contributed by atoms with Crippen molar-refractivity contribution in [1.82, 2.24) is 20.1 Å². The van der Waals surface area contributed by atoms with Gasteiger partial charge in [-0.15, -0.1) is 0 Å². The summed E-state index contributed by atoms with van der Waals surface area (Å²) in [6, 6.07) is 13.2. The number of carbonyl (C=O) groups excluding carboxylic acids is 3. The second-order valence-electron chi connectivity index (χ2n) is 10.1. The molecule has 2 aromatic carbocycles.